The largest absolute Gasteiger partial charge is 0.330 e. The molecule has 0 aliphatic rings. The van der Waals surface area contributed by atoms with Gasteiger partial charge in [0.05, 0.1) is 0 Å². The minimum absolute atomic E-state index is 0.179. The van der Waals surface area contributed by atoms with Gasteiger partial charge >= 0.3 is 0 Å². The van der Waals surface area contributed by atoms with Gasteiger partial charge in [0, 0.05) is 41.8 Å². The first-order valence-corrected chi connectivity index (χ1v) is 12.7. The SMILES string of the molecule is CC(C)N(C(C)C)C(C)CC(C)C(N)(CCCN)C(C)CC(C)N(C(C)C)C(C)C. The van der Waals surface area contributed by atoms with Crippen molar-refractivity contribution in [2.24, 2.45) is 23.3 Å². The average Bonchev–Trinajstić information content (AvgIpc) is 2.57. The summed E-state index contributed by atoms with van der Waals surface area (Å²) in [6.45, 7) is 28.7. The van der Waals surface area contributed by atoms with Crippen LogP contribution in [0, 0.1) is 11.8 Å². The molecule has 0 rings (SSSR count). The molecule has 0 aliphatic carbocycles. The second kappa shape index (κ2) is 13.4. The summed E-state index contributed by atoms with van der Waals surface area (Å²) in [6.07, 6.45) is 4.28. The molecule has 0 amide bonds. The van der Waals surface area contributed by atoms with Gasteiger partial charge in [0.25, 0.3) is 0 Å². The van der Waals surface area contributed by atoms with Crippen molar-refractivity contribution < 1.29 is 0 Å². The molecule has 0 aliphatic heterocycles. The highest BCUT2D eigenvalue weighted by Gasteiger charge is 2.39. The lowest BCUT2D eigenvalue weighted by Gasteiger charge is -2.47. The van der Waals surface area contributed by atoms with E-state index >= 15 is 0 Å². The molecule has 0 radical (unpaired) electrons. The smallest absolute Gasteiger partial charge is 0.0207 e. The standard InChI is InChI=1S/C26H58N4/c1-18(2)29(19(3)4)24(11)16-22(9)26(28,14-13-15-27)23(10)17-25(12)30(20(5)6)21(7)8/h18-25H,13-17,27-28H2,1-12H3. The lowest BCUT2D eigenvalue weighted by Crippen LogP contribution is -2.56. The van der Waals surface area contributed by atoms with E-state index in [-0.39, 0.29) is 5.54 Å². The zero-order valence-corrected chi connectivity index (χ0v) is 22.7. The van der Waals surface area contributed by atoms with Crippen LogP contribution in [0.1, 0.15) is 109 Å². The number of nitrogens with two attached hydrogens (primary N) is 2. The van der Waals surface area contributed by atoms with Gasteiger partial charge in [-0.3, -0.25) is 9.80 Å². The molecule has 4 nitrogen and oxygen atoms in total. The quantitative estimate of drug-likeness (QED) is 0.363. The summed E-state index contributed by atoms with van der Waals surface area (Å²) in [4.78, 5) is 5.26. The monoisotopic (exact) mass is 426 g/mol. The van der Waals surface area contributed by atoms with Gasteiger partial charge in [-0.2, -0.15) is 0 Å². The van der Waals surface area contributed by atoms with E-state index in [2.05, 4.69) is 92.9 Å². The molecule has 0 spiro atoms. The molecule has 0 bridgehead atoms. The molecule has 182 valence electrons. The summed E-state index contributed by atoms with van der Waals surface area (Å²) in [7, 11) is 0. The Morgan fingerprint density at radius 3 is 1.13 bits per heavy atom. The predicted molar refractivity (Wildman–Crippen MR) is 136 cm³/mol. The second-order valence-electron chi connectivity index (χ2n) is 11.2. The Balaban J connectivity index is 5.54. The maximum atomic E-state index is 7.28. The van der Waals surface area contributed by atoms with Crippen molar-refractivity contribution in [2.75, 3.05) is 6.54 Å². The minimum Gasteiger partial charge on any atom is -0.330 e. The summed E-state index contributed by atoms with van der Waals surface area (Å²) in [5, 5.41) is 0. The summed E-state index contributed by atoms with van der Waals surface area (Å²) < 4.78 is 0. The molecule has 4 atom stereocenters. The molecule has 4 heteroatoms. The molecule has 30 heavy (non-hydrogen) atoms. The molecular weight excluding hydrogens is 368 g/mol. The number of hydrogen-bond acceptors (Lipinski definition) is 4. The third kappa shape index (κ3) is 8.41. The van der Waals surface area contributed by atoms with Crippen molar-refractivity contribution in [1.29, 1.82) is 0 Å². The molecule has 0 saturated heterocycles. The zero-order chi connectivity index (χ0) is 23.8. The molecule has 0 aromatic heterocycles. The van der Waals surface area contributed by atoms with Crippen molar-refractivity contribution in [3.8, 4) is 0 Å². The lowest BCUT2D eigenvalue weighted by atomic mass is 9.69. The number of rotatable bonds is 15. The van der Waals surface area contributed by atoms with Crippen molar-refractivity contribution in [1.82, 2.24) is 9.80 Å². The van der Waals surface area contributed by atoms with Gasteiger partial charge in [-0.15, -0.1) is 0 Å². The van der Waals surface area contributed by atoms with Crippen LogP contribution in [-0.4, -0.2) is 58.1 Å². The first kappa shape index (κ1) is 29.8. The molecule has 0 aromatic rings. The minimum atomic E-state index is -0.179. The molecule has 0 saturated carbocycles. The Kier molecular flexibility index (Phi) is 13.3. The normalized spacial score (nSPS) is 19.2. The first-order chi connectivity index (χ1) is 13.7. The van der Waals surface area contributed by atoms with Gasteiger partial charge < -0.3 is 11.5 Å². The Hall–Kier alpha value is -0.160. The van der Waals surface area contributed by atoms with E-state index in [4.69, 9.17) is 11.5 Å². The second-order valence-corrected chi connectivity index (χ2v) is 11.2. The molecular formula is C26H58N4. The topological polar surface area (TPSA) is 58.5 Å². The number of nitrogens with zero attached hydrogens (tertiary/aromatic N) is 2. The Morgan fingerprint density at radius 1 is 0.600 bits per heavy atom. The van der Waals surface area contributed by atoms with Crippen molar-refractivity contribution in [3.63, 3.8) is 0 Å². The summed E-state index contributed by atoms with van der Waals surface area (Å²) in [6, 6.07) is 3.23. The summed E-state index contributed by atoms with van der Waals surface area (Å²) >= 11 is 0. The van der Waals surface area contributed by atoms with Gasteiger partial charge in [0.2, 0.25) is 0 Å². The van der Waals surface area contributed by atoms with E-state index < -0.39 is 0 Å². The van der Waals surface area contributed by atoms with Crippen LogP contribution in [-0.2, 0) is 0 Å². The van der Waals surface area contributed by atoms with Crippen molar-refractivity contribution in [3.05, 3.63) is 0 Å². The maximum absolute atomic E-state index is 7.28. The van der Waals surface area contributed by atoms with Crippen LogP contribution in [0.25, 0.3) is 0 Å². The highest BCUT2D eigenvalue weighted by molar-refractivity contribution is 4.97. The van der Waals surface area contributed by atoms with E-state index in [9.17, 15) is 0 Å². The van der Waals surface area contributed by atoms with Gasteiger partial charge in [-0.05, 0) is 113 Å². The summed E-state index contributed by atoms with van der Waals surface area (Å²) in [5.74, 6) is 0.903. The van der Waals surface area contributed by atoms with Crippen LogP contribution in [0.2, 0.25) is 0 Å². The highest BCUT2D eigenvalue weighted by Crippen LogP contribution is 2.36. The van der Waals surface area contributed by atoms with Gasteiger partial charge in [-0.1, -0.05) is 13.8 Å². The average molecular weight is 427 g/mol. The molecule has 4 unspecified atom stereocenters. The Bertz CT molecular complexity index is 396. The Labute approximate surface area is 190 Å². The van der Waals surface area contributed by atoms with Crippen LogP contribution in [0.4, 0.5) is 0 Å². The van der Waals surface area contributed by atoms with Gasteiger partial charge in [0.15, 0.2) is 0 Å². The van der Waals surface area contributed by atoms with E-state index in [0.29, 0.717) is 48.1 Å². The zero-order valence-electron chi connectivity index (χ0n) is 22.7. The molecule has 0 fully saturated rings. The molecule has 0 heterocycles. The highest BCUT2D eigenvalue weighted by atomic mass is 15.2. The first-order valence-electron chi connectivity index (χ1n) is 12.7. The van der Waals surface area contributed by atoms with Crippen LogP contribution in [0.3, 0.4) is 0 Å². The fraction of sp³-hybridized carbons (Fsp3) is 1.00. The van der Waals surface area contributed by atoms with Crippen molar-refractivity contribution >= 4 is 0 Å². The number of hydrogen-bond donors (Lipinski definition) is 2. The fourth-order valence-electron chi connectivity index (χ4n) is 6.32. The van der Waals surface area contributed by atoms with E-state index in [0.717, 1.165) is 32.2 Å². The van der Waals surface area contributed by atoms with Crippen LogP contribution < -0.4 is 11.5 Å². The predicted octanol–water partition coefficient (Wildman–Crippen LogP) is 5.49. The third-order valence-electron chi connectivity index (χ3n) is 7.44. The molecule has 0 aromatic carbocycles. The fourth-order valence-corrected chi connectivity index (χ4v) is 6.32. The van der Waals surface area contributed by atoms with Crippen LogP contribution >= 0.6 is 0 Å². The maximum Gasteiger partial charge on any atom is 0.0207 e. The lowest BCUT2D eigenvalue weighted by molar-refractivity contribution is 0.0591. The van der Waals surface area contributed by atoms with Gasteiger partial charge in [-0.25, -0.2) is 0 Å². The van der Waals surface area contributed by atoms with E-state index in [1.807, 2.05) is 0 Å². The third-order valence-corrected chi connectivity index (χ3v) is 7.44. The van der Waals surface area contributed by atoms with Crippen LogP contribution in [0.5, 0.6) is 0 Å². The molecule has 4 N–H and O–H groups in total. The van der Waals surface area contributed by atoms with Crippen molar-refractivity contribution in [2.45, 2.75) is 151 Å². The van der Waals surface area contributed by atoms with E-state index in [1.165, 1.54) is 0 Å². The Morgan fingerprint density at radius 2 is 0.900 bits per heavy atom. The van der Waals surface area contributed by atoms with Crippen LogP contribution in [0.15, 0.2) is 0 Å². The summed E-state index contributed by atoms with van der Waals surface area (Å²) in [5.41, 5.74) is 13.0. The van der Waals surface area contributed by atoms with E-state index in [1.54, 1.807) is 0 Å². The van der Waals surface area contributed by atoms with Gasteiger partial charge in [0.1, 0.15) is 0 Å².